The molecule has 0 bridgehead atoms. The summed E-state index contributed by atoms with van der Waals surface area (Å²) in [6.07, 6.45) is -2.49. The van der Waals surface area contributed by atoms with Gasteiger partial charge in [0.2, 0.25) is 0 Å². The Hall–Kier alpha value is -0.940. The third kappa shape index (κ3) is 4.51. The molecule has 1 saturated carbocycles. The summed E-state index contributed by atoms with van der Waals surface area (Å²) in [4.78, 5) is 0. The van der Waals surface area contributed by atoms with E-state index in [-0.39, 0.29) is 18.9 Å². The van der Waals surface area contributed by atoms with E-state index in [1.165, 1.54) is 0 Å². The van der Waals surface area contributed by atoms with Crippen molar-refractivity contribution >= 4 is 11.6 Å². The second kappa shape index (κ2) is 6.88. The van der Waals surface area contributed by atoms with Crippen LogP contribution in [0.25, 0.3) is 0 Å². The van der Waals surface area contributed by atoms with Gasteiger partial charge in [0.25, 0.3) is 0 Å². The molecule has 0 atom stereocenters. The molecule has 0 saturated heterocycles. The Kier molecular flexibility index (Phi) is 5.38. The van der Waals surface area contributed by atoms with E-state index in [2.05, 4.69) is 5.32 Å². The van der Waals surface area contributed by atoms with Crippen molar-refractivity contribution in [3.8, 4) is 5.75 Å². The van der Waals surface area contributed by atoms with Gasteiger partial charge < -0.3 is 10.1 Å². The van der Waals surface area contributed by atoms with Crippen LogP contribution in [0.1, 0.15) is 31.2 Å². The summed E-state index contributed by atoms with van der Waals surface area (Å²) in [5, 5.41) is 3.85. The first-order valence-electron chi connectivity index (χ1n) is 7.02. The summed E-state index contributed by atoms with van der Waals surface area (Å²) in [7, 11) is 1.55. The molecule has 1 N–H and O–H groups in total. The van der Waals surface area contributed by atoms with Gasteiger partial charge in [-0.05, 0) is 43.4 Å². The fraction of sp³-hybridized carbons (Fsp3) is 0.600. The van der Waals surface area contributed by atoms with Crippen molar-refractivity contribution in [2.24, 2.45) is 5.92 Å². The molecule has 21 heavy (non-hydrogen) atoms. The van der Waals surface area contributed by atoms with Crippen LogP contribution in [0.5, 0.6) is 5.75 Å². The molecule has 2 rings (SSSR count). The van der Waals surface area contributed by atoms with E-state index in [1.807, 2.05) is 12.1 Å². The lowest BCUT2D eigenvalue weighted by molar-refractivity contribution is -0.182. The highest BCUT2D eigenvalue weighted by Crippen LogP contribution is 2.37. The molecule has 0 heterocycles. The number of ether oxygens (including phenoxy) is 1. The van der Waals surface area contributed by atoms with E-state index in [0.29, 0.717) is 30.2 Å². The second-order valence-corrected chi connectivity index (χ2v) is 5.85. The quantitative estimate of drug-likeness (QED) is 0.877. The van der Waals surface area contributed by atoms with Gasteiger partial charge in [-0.2, -0.15) is 13.2 Å². The fourth-order valence-corrected chi connectivity index (χ4v) is 2.99. The van der Waals surface area contributed by atoms with Gasteiger partial charge in [0.1, 0.15) is 5.75 Å². The largest absolute Gasteiger partial charge is 0.495 e. The molecule has 1 aromatic rings. The molecule has 1 aliphatic rings. The molecule has 2 nitrogen and oxygen atoms in total. The molecular weight excluding hydrogens is 303 g/mol. The molecule has 0 radical (unpaired) electrons. The zero-order valence-electron chi connectivity index (χ0n) is 11.8. The van der Waals surface area contributed by atoms with E-state index in [1.54, 1.807) is 13.2 Å². The molecule has 0 aromatic heterocycles. The lowest BCUT2D eigenvalue weighted by Gasteiger charge is -2.30. The molecule has 1 aromatic carbocycles. The molecule has 6 heteroatoms. The minimum absolute atomic E-state index is 0.143. The monoisotopic (exact) mass is 321 g/mol. The smallest absolute Gasteiger partial charge is 0.391 e. The fourth-order valence-electron chi connectivity index (χ4n) is 2.71. The predicted molar refractivity (Wildman–Crippen MR) is 76.6 cm³/mol. The van der Waals surface area contributed by atoms with Crippen molar-refractivity contribution in [1.82, 2.24) is 5.32 Å². The molecule has 1 fully saturated rings. The molecule has 0 amide bonds. The van der Waals surface area contributed by atoms with Gasteiger partial charge in [0.05, 0.1) is 18.1 Å². The number of benzene rings is 1. The van der Waals surface area contributed by atoms with Crippen molar-refractivity contribution in [3.63, 3.8) is 0 Å². The standard InChI is InChI=1S/C15H19ClF3NO/c1-21-14-7-2-10(8-13(14)16)9-20-12-5-3-11(4-6-12)15(17,18)19/h2,7-8,11-12,20H,3-6,9H2,1H3. The van der Waals surface area contributed by atoms with Crippen LogP contribution in [0.2, 0.25) is 5.02 Å². The van der Waals surface area contributed by atoms with Gasteiger partial charge in [0.15, 0.2) is 0 Å². The normalized spacial score (nSPS) is 23.1. The summed E-state index contributed by atoms with van der Waals surface area (Å²) in [6.45, 7) is 0.602. The minimum atomic E-state index is -4.05. The highest BCUT2D eigenvalue weighted by Gasteiger charge is 2.41. The molecule has 0 spiro atoms. The maximum absolute atomic E-state index is 12.6. The Morgan fingerprint density at radius 2 is 1.90 bits per heavy atom. The molecule has 0 aliphatic heterocycles. The Morgan fingerprint density at radius 1 is 1.24 bits per heavy atom. The summed E-state index contributed by atoms with van der Waals surface area (Å²) in [5.41, 5.74) is 0.999. The number of alkyl halides is 3. The highest BCUT2D eigenvalue weighted by molar-refractivity contribution is 6.32. The average molecular weight is 322 g/mol. The number of hydrogen-bond donors (Lipinski definition) is 1. The third-order valence-corrected chi connectivity index (χ3v) is 4.30. The number of methoxy groups -OCH3 is 1. The van der Waals surface area contributed by atoms with E-state index in [0.717, 1.165) is 5.56 Å². The van der Waals surface area contributed by atoms with E-state index < -0.39 is 12.1 Å². The minimum Gasteiger partial charge on any atom is -0.495 e. The SMILES string of the molecule is COc1ccc(CNC2CCC(C(F)(F)F)CC2)cc1Cl. The summed E-state index contributed by atoms with van der Waals surface area (Å²) < 4.78 is 42.8. The van der Waals surface area contributed by atoms with Crippen LogP contribution in [-0.2, 0) is 6.54 Å². The van der Waals surface area contributed by atoms with Crippen LogP contribution in [0.3, 0.4) is 0 Å². The Balaban J connectivity index is 1.81. The van der Waals surface area contributed by atoms with Crippen molar-refractivity contribution in [3.05, 3.63) is 28.8 Å². The molecule has 1 aliphatic carbocycles. The van der Waals surface area contributed by atoms with Crippen LogP contribution in [0.15, 0.2) is 18.2 Å². The molecule has 118 valence electrons. The second-order valence-electron chi connectivity index (χ2n) is 5.44. The lowest BCUT2D eigenvalue weighted by Crippen LogP contribution is -2.36. The number of nitrogens with one attached hydrogen (secondary N) is 1. The summed E-state index contributed by atoms with van der Waals surface area (Å²) in [6, 6.07) is 5.65. The van der Waals surface area contributed by atoms with Crippen LogP contribution in [0.4, 0.5) is 13.2 Å². The number of hydrogen-bond acceptors (Lipinski definition) is 2. The van der Waals surface area contributed by atoms with Crippen molar-refractivity contribution in [1.29, 1.82) is 0 Å². The van der Waals surface area contributed by atoms with Crippen LogP contribution in [0, 0.1) is 5.92 Å². The van der Waals surface area contributed by atoms with E-state index >= 15 is 0 Å². The van der Waals surface area contributed by atoms with Crippen molar-refractivity contribution in [2.45, 2.75) is 44.4 Å². The van der Waals surface area contributed by atoms with Gasteiger partial charge in [-0.25, -0.2) is 0 Å². The van der Waals surface area contributed by atoms with Crippen molar-refractivity contribution in [2.75, 3.05) is 7.11 Å². The van der Waals surface area contributed by atoms with Gasteiger partial charge in [-0.3, -0.25) is 0 Å². The zero-order valence-corrected chi connectivity index (χ0v) is 12.6. The first-order valence-corrected chi connectivity index (χ1v) is 7.40. The number of halogens is 4. The van der Waals surface area contributed by atoms with Crippen LogP contribution in [-0.4, -0.2) is 19.3 Å². The molecular formula is C15H19ClF3NO. The van der Waals surface area contributed by atoms with Gasteiger partial charge in [-0.1, -0.05) is 17.7 Å². The Bertz CT molecular complexity index is 470. The average Bonchev–Trinajstić information content (AvgIpc) is 2.45. The first kappa shape index (κ1) is 16.4. The summed E-state index contributed by atoms with van der Waals surface area (Å²) >= 11 is 6.04. The topological polar surface area (TPSA) is 21.3 Å². The highest BCUT2D eigenvalue weighted by atomic mass is 35.5. The predicted octanol–water partition coefficient (Wildman–Crippen LogP) is 4.56. The Labute approximate surface area is 127 Å². The van der Waals surface area contributed by atoms with E-state index in [9.17, 15) is 13.2 Å². The maximum Gasteiger partial charge on any atom is 0.391 e. The van der Waals surface area contributed by atoms with Gasteiger partial charge in [-0.15, -0.1) is 0 Å². The van der Waals surface area contributed by atoms with Crippen LogP contribution < -0.4 is 10.1 Å². The number of rotatable bonds is 4. The zero-order chi connectivity index (χ0) is 15.5. The first-order chi connectivity index (χ1) is 9.90. The van der Waals surface area contributed by atoms with Gasteiger partial charge in [0, 0.05) is 12.6 Å². The third-order valence-electron chi connectivity index (χ3n) is 4.00. The lowest BCUT2D eigenvalue weighted by atomic mass is 9.85. The van der Waals surface area contributed by atoms with Gasteiger partial charge >= 0.3 is 6.18 Å². The van der Waals surface area contributed by atoms with E-state index in [4.69, 9.17) is 16.3 Å². The Morgan fingerprint density at radius 3 is 2.43 bits per heavy atom. The van der Waals surface area contributed by atoms with Crippen molar-refractivity contribution < 1.29 is 17.9 Å². The summed E-state index contributed by atoms with van der Waals surface area (Å²) in [5.74, 6) is -0.517. The molecule has 0 unspecified atom stereocenters. The van der Waals surface area contributed by atoms with Crippen LogP contribution >= 0.6 is 11.6 Å². The maximum atomic E-state index is 12.6.